The van der Waals surface area contributed by atoms with Crippen LogP contribution in [0.1, 0.15) is 16.1 Å². The molecule has 8 heteroatoms. The number of aromatic carboxylic acids is 1. The van der Waals surface area contributed by atoms with Crippen LogP contribution >= 0.6 is 0 Å². The minimum absolute atomic E-state index is 0.0279. The van der Waals surface area contributed by atoms with E-state index in [1.807, 2.05) is 0 Å². The van der Waals surface area contributed by atoms with Gasteiger partial charge in [-0.05, 0) is 12.1 Å². The van der Waals surface area contributed by atoms with Crippen molar-refractivity contribution in [3.8, 4) is 0 Å². The van der Waals surface area contributed by atoms with Gasteiger partial charge in [0, 0.05) is 18.3 Å². The van der Waals surface area contributed by atoms with Crippen LogP contribution in [0, 0.1) is 10.1 Å². The van der Waals surface area contributed by atoms with Gasteiger partial charge in [-0.2, -0.15) is 0 Å². The average Bonchev–Trinajstić information content (AvgIpc) is 2.41. The Bertz CT molecular complexity index is 721. The molecule has 1 N–H and O–H groups in total. The number of carboxylic acids is 1. The molecule has 20 heavy (non-hydrogen) atoms. The summed E-state index contributed by atoms with van der Waals surface area (Å²) in [6.07, 6.45) is 2.29. The van der Waals surface area contributed by atoms with Crippen molar-refractivity contribution in [1.29, 1.82) is 0 Å². The molecule has 0 amide bonds. The molecular formula is C12H9N3O5. The molecule has 0 atom stereocenters. The lowest BCUT2D eigenvalue weighted by atomic mass is 10.2. The molecule has 0 bridgehead atoms. The minimum Gasteiger partial charge on any atom is -0.478 e. The van der Waals surface area contributed by atoms with Crippen LogP contribution in [0.2, 0.25) is 0 Å². The summed E-state index contributed by atoms with van der Waals surface area (Å²) in [6, 6.07) is 5.03. The molecule has 8 nitrogen and oxygen atoms in total. The van der Waals surface area contributed by atoms with E-state index in [1.54, 1.807) is 0 Å². The Labute approximate surface area is 112 Å². The van der Waals surface area contributed by atoms with Crippen molar-refractivity contribution in [2.45, 2.75) is 6.54 Å². The number of hydrogen-bond donors (Lipinski definition) is 1. The molecule has 0 spiro atoms. The van der Waals surface area contributed by atoms with Crippen molar-refractivity contribution in [1.82, 2.24) is 9.55 Å². The van der Waals surface area contributed by atoms with E-state index in [1.165, 1.54) is 18.3 Å². The van der Waals surface area contributed by atoms with Gasteiger partial charge in [0.2, 0.25) is 0 Å². The second-order valence-corrected chi connectivity index (χ2v) is 3.95. The largest absolute Gasteiger partial charge is 0.478 e. The maximum absolute atomic E-state index is 11.6. The predicted octanol–water partition coefficient (Wildman–Crippen LogP) is 0.898. The van der Waals surface area contributed by atoms with E-state index in [-0.39, 0.29) is 17.8 Å². The van der Waals surface area contributed by atoms with Gasteiger partial charge in [0.25, 0.3) is 11.2 Å². The summed E-state index contributed by atoms with van der Waals surface area (Å²) in [7, 11) is 0. The summed E-state index contributed by atoms with van der Waals surface area (Å²) >= 11 is 0. The highest BCUT2D eigenvalue weighted by Gasteiger charge is 2.09. The van der Waals surface area contributed by atoms with E-state index < -0.39 is 16.5 Å². The van der Waals surface area contributed by atoms with Crippen molar-refractivity contribution in [3.05, 3.63) is 68.4 Å². The van der Waals surface area contributed by atoms with Gasteiger partial charge in [-0.3, -0.25) is 19.9 Å². The quantitative estimate of drug-likeness (QED) is 0.654. The fourth-order valence-corrected chi connectivity index (χ4v) is 1.57. The van der Waals surface area contributed by atoms with Crippen molar-refractivity contribution in [2.24, 2.45) is 0 Å². The first-order chi connectivity index (χ1) is 9.47. The lowest BCUT2D eigenvalue weighted by Crippen LogP contribution is -2.20. The molecular weight excluding hydrogens is 266 g/mol. The third kappa shape index (κ3) is 2.86. The summed E-state index contributed by atoms with van der Waals surface area (Å²) in [6.45, 7) is 0.0282. The zero-order chi connectivity index (χ0) is 14.7. The lowest BCUT2D eigenvalue weighted by Gasteiger charge is -2.05. The fraction of sp³-hybridized carbons (Fsp3) is 0.0833. The number of pyridine rings is 2. The summed E-state index contributed by atoms with van der Waals surface area (Å²) in [5, 5.41) is 19.4. The van der Waals surface area contributed by atoms with E-state index in [2.05, 4.69) is 4.98 Å². The molecule has 0 unspecified atom stereocenters. The fourth-order valence-electron chi connectivity index (χ4n) is 1.57. The van der Waals surface area contributed by atoms with Crippen LogP contribution in [-0.2, 0) is 6.54 Å². The number of nitro groups is 1. The van der Waals surface area contributed by atoms with Crippen LogP contribution in [0.4, 0.5) is 5.69 Å². The van der Waals surface area contributed by atoms with Crippen LogP contribution < -0.4 is 5.56 Å². The molecule has 0 aliphatic rings. The molecule has 102 valence electrons. The molecule has 2 heterocycles. The number of carboxylic acid groups (broad SMARTS) is 1. The molecule has 2 aromatic rings. The van der Waals surface area contributed by atoms with Gasteiger partial charge in [-0.15, -0.1) is 0 Å². The Balaban J connectivity index is 2.29. The average molecular weight is 275 g/mol. The van der Waals surface area contributed by atoms with Crippen LogP contribution in [0.15, 0.2) is 41.5 Å². The number of aromatic nitrogens is 2. The molecule has 0 aromatic carbocycles. The SMILES string of the molecule is O=C(O)c1ccc(Cn2cc([N+](=O)[O-])ccc2=O)nc1. The van der Waals surface area contributed by atoms with E-state index in [0.29, 0.717) is 5.69 Å². The smallest absolute Gasteiger partial charge is 0.337 e. The lowest BCUT2D eigenvalue weighted by molar-refractivity contribution is -0.385. The maximum atomic E-state index is 11.6. The molecule has 0 aliphatic carbocycles. The molecule has 0 fully saturated rings. The molecule has 0 saturated heterocycles. The van der Waals surface area contributed by atoms with Crippen LogP contribution in [0.5, 0.6) is 0 Å². The van der Waals surface area contributed by atoms with E-state index in [4.69, 9.17) is 5.11 Å². The third-order valence-corrected chi connectivity index (χ3v) is 2.58. The summed E-state index contributed by atoms with van der Waals surface area (Å²) < 4.78 is 1.14. The second kappa shape index (κ2) is 5.31. The highest BCUT2D eigenvalue weighted by Crippen LogP contribution is 2.08. The predicted molar refractivity (Wildman–Crippen MR) is 67.7 cm³/mol. The van der Waals surface area contributed by atoms with Crippen molar-refractivity contribution in [3.63, 3.8) is 0 Å². The standard InChI is InChI=1S/C12H9N3O5/c16-11-4-3-10(15(19)20)7-14(11)6-9-2-1-8(5-13-9)12(17)18/h1-5,7H,6H2,(H,17,18). The van der Waals surface area contributed by atoms with Gasteiger partial charge in [0.05, 0.1) is 28.9 Å². The zero-order valence-corrected chi connectivity index (χ0v) is 10.1. The normalized spacial score (nSPS) is 10.2. The summed E-state index contributed by atoms with van der Waals surface area (Å²) in [5.41, 5.74) is -0.149. The van der Waals surface area contributed by atoms with Gasteiger partial charge in [-0.25, -0.2) is 4.79 Å². The first-order valence-electron chi connectivity index (χ1n) is 5.50. The summed E-state index contributed by atoms with van der Waals surface area (Å²) in [5.74, 6) is -1.10. The Morgan fingerprint density at radius 1 is 1.35 bits per heavy atom. The van der Waals surface area contributed by atoms with Crippen molar-refractivity contribution < 1.29 is 14.8 Å². The van der Waals surface area contributed by atoms with E-state index in [0.717, 1.165) is 22.9 Å². The van der Waals surface area contributed by atoms with Crippen LogP contribution in [-0.4, -0.2) is 25.6 Å². The zero-order valence-electron chi connectivity index (χ0n) is 10.1. The minimum atomic E-state index is -1.10. The van der Waals surface area contributed by atoms with Gasteiger partial charge in [0.15, 0.2) is 0 Å². The van der Waals surface area contributed by atoms with Crippen molar-refractivity contribution in [2.75, 3.05) is 0 Å². The molecule has 0 radical (unpaired) electrons. The molecule has 2 rings (SSSR count). The summed E-state index contributed by atoms with van der Waals surface area (Å²) in [4.78, 5) is 36.2. The highest BCUT2D eigenvalue weighted by molar-refractivity contribution is 5.87. The van der Waals surface area contributed by atoms with E-state index >= 15 is 0 Å². The number of carbonyl (C=O) groups is 1. The number of nitrogens with zero attached hydrogens (tertiary/aromatic N) is 3. The number of hydrogen-bond acceptors (Lipinski definition) is 5. The number of rotatable bonds is 4. The van der Waals surface area contributed by atoms with Gasteiger partial charge < -0.3 is 9.67 Å². The van der Waals surface area contributed by atoms with Gasteiger partial charge in [-0.1, -0.05) is 0 Å². The first kappa shape index (κ1) is 13.4. The van der Waals surface area contributed by atoms with Crippen LogP contribution in [0.3, 0.4) is 0 Å². The highest BCUT2D eigenvalue weighted by atomic mass is 16.6. The van der Waals surface area contributed by atoms with Gasteiger partial charge >= 0.3 is 5.97 Å². The maximum Gasteiger partial charge on any atom is 0.337 e. The van der Waals surface area contributed by atoms with Crippen molar-refractivity contribution >= 4 is 11.7 Å². The Hall–Kier alpha value is -3.03. The Morgan fingerprint density at radius 3 is 2.65 bits per heavy atom. The first-order valence-corrected chi connectivity index (χ1v) is 5.50. The van der Waals surface area contributed by atoms with Crippen LogP contribution in [0.25, 0.3) is 0 Å². The van der Waals surface area contributed by atoms with E-state index in [9.17, 15) is 19.7 Å². The second-order valence-electron chi connectivity index (χ2n) is 3.95. The van der Waals surface area contributed by atoms with Gasteiger partial charge in [0.1, 0.15) is 0 Å². The monoisotopic (exact) mass is 275 g/mol. The molecule has 0 aliphatic heterocycles. The Kier molecular flexibility index (Phi) is 3.56. The third-order valence-electron chi connectivity index (χ3n) is 2.58. The Morgan fingerprint density at radius 2 is 2.10 bits per heavy atom. The topological polar surface area (TPSA) is 115 Å². The molecule has 0 saturated carbocycles. The molecule has 2 aromatic heterocycles.